The minimum atomic E-state index is -0.636. The number of hydrogen-bond donors (Lipinski definition) is 2. The summed E-state index contributed by atoms with van der Waals surface area (Å²) in [5.41, 5.74) is 1.49. The van der Waals surface area contributed by atoms with Crippen molar-refractivity contribution >= 4 is 22.9 Å². The van der Waals surface area contributed by atoms with Gasteiger partial charge in [-0.25, -0.2) is 14.4 Å². The van der Waals surface area contributed by atoms with Gasteiger partial charge in [0.15, 0.2) is 0 Å². The molecule has 31 heavy (non-hydrogen) atoms. The summed E-state index contributed by atoms with van der Waals surface area (Å²) in [6.45, 7) is 2.67. The van der Waals surface area contributed by atoms with Crippen molar-refractivity contribution in [2.24, 2.45) is 0 Å². The fraction of sp³-hybridized carbons (Fsp3) is 0.304. The van der Waals surface area contributed by atoms with E-state index in [2.05, 4.69) is 26.7 Å². The number of rotatable bonds is 6. The first-order chi connectivity index (χ1) is 15.1. The summed E-state index contributed by atoms with van der Waals surface area (Å²) in [5.74, 6) is -0.119. The molecule has 3 heterocycles. The number of Topliss-reactive ketones (excluding diaryl/α,β-unsaturated/α-hetero) is 1. The topological polar surface area (TPSA) is 90.7 Å². The number of aromatic nitrogens is 2. The average molecular weight is 436 g/mol. The van der Waals surface area contributed by atoms with Crippen molar-refractivity contribution in [3.8, 4) is 16.5 Å². The van der Waals surface area contributed by atoms with Crippen LogP contribution in [0.2, 0.25) is 0 Å². The molecular formula is C23H22FN5OS. The highest BCUT2D eigenvalue weighted by atomic mass is 32.1. The van der Waals surface area contributed by atoms with Crippen molar-refractivity contribution in [2.45, 2.75) is 38.3 Å². The van der Waals surface area contributed by atoms with Gasteiger partial charge in [0.1, 0.15) is 29.4 Å². The van der Waals surface area contributed by atoms with Crippen LogP contribution >= 0.6 is 11.3 Å². The zero-order valence-corrected chi connectivity index (χ0v) is 17.9. The molecule has 2 atom stereocenters. The number of thiazole rings is 1. The number of carbonyl (C=O) groups is 1. The minimum absolute atomic E-state index is 0.113. The number of ketones is 1. The highest BCUT2D eigenvalue weighted by Gasteiger charge is 2.34. The van der Waals surface area contributed by atoms with Crippen molar-refractivity contribution in [1.82, 2.24) is 15.3 Å². The van der Waals surface area contributed by atoms with Gasteiger partial charge in [0.2, 0.25) is 5.78 Å². The Labute approximate surface area is 184 Å². The van der Waals surface area contributed by atoms with Crippen LogP contribution in [0.25, 0.3) is 10.4 Å². The van der Waals surface area contributed by atoms with Crippen LogP contribution in [0.4, 0.5) is 10.2 Å². The van der Waals surface area contributed by atoms with Gasteiger partial charge in [0.25, 0.3) is 0 Å². The molecule has 0 spiro atoms. The molecule has 1 aromatic carbocycles. The van der Waals surface area contributed by atoms with Crippen LogP contribution in [0.3, 0.4) is 0 Å². The fourth-order valence-corrected chi connectivity index (χ4v) is 4.74. The molecule has 4 rings (SSSR count). The Morgan fingerprint density at radius 2 is 2.13 bits per heavy atom. The predicted octanol–water partition coefficient (Wildman–Crippen LogP) is 4.33. The number of nitrogens with one attached hydrogen (secondary N) is 2. The smallest absolute Gasteiger partial charge is 0.206 e. The first-order valence-corrected chi connectivity index (χ1v) is 11.0. The van der Waals surface area contributed by atoms with Crippen LogP contribution in [-0.2, 0) is 0 Å². The van der Waals surface area contributed by atoms with Gasteiger partial charge in [-0.2, -0.15) is 5.26 Å². The van der Waals surface area contributed by atoms with E-state index >= 15 is 0 Å². The van der Waals surface area contributed by atoms with Gasteiger partial charge in [0.05, 0.1) is 15.4 Å². The Hall–Kier alpha value is -3.15. The second-order valence-corrected chi connectivity index (χ2v) is 8.67. The van der Waals surface area contributed by atoms with E-state index in [1.165, 1.54) is 23.5 Å². The van der Waals surface area contributed by atoms with Crippen LogP contribution in [0.15, 0.2) is 42.6 Å². The number of nitriles is 1. The van der Waals surface area contributed by atoms with Crippen molar-refractivity contribution in [3.63, 3.8) is 0 Å². The van der Waals surface area contributed by atoms with Crippen LogP contribution in [0.5, 0.6) is 0 Å². The molecule has 0 saturated carbocycles. The molecule has 2 aromatic heterocycles. The highest BCUT2D eigenvalue weighted by molar-refractivity contribution is 7.15. The lowest BCUT2D eigenvalue weighted by Gasteiger charge is -2.31. The summed E-state index contributed by atoms with van der Waals surface area (Å²) in [6, 6.07) is 10.8. The molecule has 0 amide bonds. The van der Waals surface area contributed by atoms with Gasteiger partial charge in [-0.1, -0.05) is 18.6 Å². The number of nitrogens with zero attached hydrogens (tertiary/aromatic N) is 3. The average Bonchev–Trinajstić information content (AvgIpc) is 3.20. The number of pyridine rings is 1. The number of aryl methyl sites for hydroxylation is 1. The number of halogens is 1. The van der Waals surface area contributed by atoms with E-state index in [4.69, 9.17) is 0 Å². The van der Waals surface area contributed by atoms with E-state index in [0.29, 0.717) is 22.0 Å². The minimum Gasteiger partial charge on any atom is -0.357 e. The summed E-state index contributed by atoms with van der Waals surface area (Å²) < 4.78 is 13.4. The van der Waals surface area contributed by atoms with Crippen molar-refractivity contribution in [3.05, 3.63) is 64.7 Å². The summed E-state index contributed by atoms with van der Waals surface area (Å²) in [4.78, 5) is 23.3. The first-order valence-electron chi connectivity index (χ1n) is 10.2. The Bertz CT molecular complexity index is 1120. The Kier molecular flexibility index (Phi) is 6.35. The standard InChI is InChI=1S/C23H22FN5OS/c1-14-28-20(22(31-14)15-7-9-17(24)10-8-15)21(30)19(18-6-2-3-11-26-18)29-23-16(13-25)5-4-12-27-23/h4-5,7-10,12,18-19,26H,2-3,6,11H2,1H3,(H,27,29)/t18?,19-/m0/s1. The Balaban J connectivity index is 1.73. The van der Waals surface area contributed by atoms with E-state index in [0.717, 1.165) is 36.4 Å². The van der Waals surface area contributed by atoms with E-state index < -0.39 is 6.04 Å². The first kappa shape index (κ1) is 21.1. The Morgan fingerprint density at radius 1 is 1.32 bits per heavy atom. The number of hydrogen-bond acceptors (Lipinski definition) is 7. The number of benzene rings is 1. The lowest BCUT2D eigenvalue weighted by molar-refractivity contribution is 0.0942. The largest absolute Gasteiger partial charge is 0.357 e. The van der Waals surface area contributed by atoms with Gasteiger partial charge >= 0.3 is 0 Å². The monoisotopic (exact) mass is 435 g/mol. The summed E-state index contributed by atoms with van der Waals surface area (Å²) in [6.07, 6.45) is 4.49. The lowest BCUT2D eigenvalue weighted by Crippen LogP contribution is -2.51. The molecule has 8 heteroatoms. The quantitative estimate of drug-likeness (QED) is 0.560. The molecule has 1 aliphatic rings. The van der Waals surface area contributed by atoms with Crippen molar-refractivity contribution in [1.29, 1.82) is 5.26 Å². The summed E-state index contributed by atoms with van der Waals surface area (Å²) in [5, 5.41) is 16.9. The molecule has 3 aromatic rings. The molecule has 0 bridgehead atoms. The number of piperidine rings is 1. The third kappa shape index (κ3) is 4.63. The van der Waals surface area contributed by atoms with E-state index in [9.17, 15) is 14.4 Å². The molecule has 6 nitrogen and oxygen atoms in total. The SMILES string of the molecule is Cc1nc(C(=O)[C@@H](Nc2ncccc2C#N)C2CCCCN2)c(-c2ccc(F)cc2)s1. The van der Waals surface area contributed by atoms with Crippen LogP contribution in [-0.4, -0.2) is 34.4 Å². The molecule has 2 N–H and O–H groups in total. The molecule has 1 unspecified atom stereocenters. The van der Waals surface area contributed by atoms with Gasteiger partial charge < -0.3 is 10.6 Å². The predicted molar refractivity (Wildman–Crippen MR) is 119 cm³/mol. The van der Waals surface area contributed by atoms with Crippen LogP contribution in [0.1, 0.15) is 40.3 Å². The number of anilines is 1. The molecule has 1 fully saturated rings. The van der Waals surface area contributed by atoms with Gasteiger partial charge in [-0.3, -0.25) is 4.79 Å². The third-order valence-corrected chi connectivity index (χ3v) is 6.35. The maximum absolute atomic E-state index is 13.8. The fourth-order valence-electron chi connectivity index (χ4n) is 3.81. The number of carbonyl (C=O) groups excluding carboxylic acids is 1. The van der Waals surface area contributed by atoms with Crippen LogP contribution < -0.4 is 10.6 Å². The van der Waals surface area contributed by atoms with Gasteiger partial charge in [0, 0.05) is 12.2 Å². The van der Waals surface area contributed by atoms with Gasteiger partial charge in [-0.15, -0.1) is 11.3 Å². The third-order valence-electron chi connectivity index (χ3n) is 5.33. The summed E-state index contributed by atoms with van der Waals surface area (Å²) in [7, 11) is 0. The van der Waals surface area contributed by atoms with Gasteiger partial charge in [-0.05, 0) is 56.1 Å². The maximum atomic E-state index is 13.8. The normalized spacial score (nSPS) is 17.0. The molecule has 0 aliphatic carbocycles. The molecule has 1 saturated heterocycles. The zero-order valence-electron chi connectivity index (χ0n) is 17.1. The zero-order chi connectivity index (χ0) is 21.8. The van der Waals surface area contributed by atoms with Crippen molar-refractivity contribution in [2.75, 3.05) is 11.9 Å². The van der Waals surface area contributed by atoms with Crippen LogP contribution in [0, 0.1) is 24.1 Å². The second-order valence-electron chi connectivity index (χ2n) is 7.47. The highest BCUT2D eigenvalue weighted by Crippen LogP contribution is 2.32. The molecule has 1 aliphatic heterocycles. The van der Waals surface area contributed by atoms with E-state index in [1.54, 1.807) is 30.5 Å². The second kappa shape index (κ2) is 9.33. The lowest BCUT2D eigenvalue weighted by atomic mass is 9.92. The molecular weight excluding hydrogens is 413 g/mol. The summed E-state index contributed by atoms with van der Waals surface area (Å²) >= 11 is 1.41. The maximum Gasteiger partial charge on any atom is 0.206 e. The van der Waals surface area contributed by atoms with Crippen molar-refractivity contribution < 1.29 is 9.18 Å². The molecule has 0 radical (unpaired) electrons. The Morgan fingerprint density at radius 3 is 2.84 bits per heavy atom. The van der Waals surface area contributed by atoms with E-state index in [-0.39, 0.29) is 17.6 Å². The van der Waals surface area contributed by atoms with E-state index in [1.807, 2.05) is 6.92 Å². The molecule has 158 valence electrons.